The van der Waals surface area contributed by atoms with E-state index < -0.39 is 11.2 Å². The molecule has 8 heteroatoms. The first-order chi connectivity index (χ1) is 11.4. The van der Waals surface area contributed by atoms with Crippen molar-refractivity contribution in [1.82, 2.24) is 19.4 Å². The van der Waals surface area contributed by atoms with Crippen LogP contribution in [0.25, 0.3) is 11.0 Å². The summed E-state index contributed by atoms with van der Waals surface area (Å²) in [5.74, 6) is -0.364. The SMILES string of the molecule is Cc1cc(C(=O)NCC2CCCO2)c2c(=O)n(C)c(=O)n(C)c2n1. The lowest BCUT2D eigenvalue weighted by molar-refractivity contribution is 0.0859. The molecule has 0 aliphatic carbocycles. The fraction of sp³-hybridized carbons (Fsp3) is 0.500. The molecule has 0 spiro atoms. The summed E-state index contributed by atoms with van der Waals surface area (Å²) in [4.78, 5) is 41.4. The van der Waals surface area contributed by atoms with Gasteiger partial charge in [0.25, 0.3) is 11.5 Å². The van der Waals surface area contributed by atoms with Crippen LogP contribution in [-0.2, 0) is 18.8 Å². The van der Waals surface area contributed by atoms with Crippen LogP contribution in [0.4, 0.5) is 0 Å². The van der Waals surface area contributed by atoms with Crippen LogP contribution < -0.4 is 16.6 Å². The lowest BCUT2D eigenvalue weighted by atomic mass is 10.1. The smallest absolute Gasteiger partial charge is 0.332 e. The van der Waals surface area contributed by atoms with E-state index in [1.54, 1.807) is 13.0 Å². The summed E-state index contributed by atoms with van der Waals surface area (Å²) in [6.45, 7) is 2.83. The predicted octanol–water partition coefficient (Wildman–Crippen LogP) is -0.151. The third-order valence-corrected chi connectivity index (χ3v) is 4.30. The number of aryl methyl sites for hydroxylation is 2. The molecule has 1 saturated heterocycles. The molecule has 1 unspecified atom stereocenters. The van der Waals surface area contributed by atoms with E-state index in [2.05, 4.69) is 10.3 Å². The molecule has 1 amide bonds. The molecule has 1 aliphatic rings. The normalized spacial score (nSPS) is 17.4. The molecule has 0 aromatic carbocycles. The van der Waals surface area contributed by atoms with Gasteiger partial charge in [-0.15, -0.1) is 0 Å². The zero-order valence-electron chi connectivity index (χ0n) is 14.0. The van der Waals surface area contributed by atoms with Gasteiger partial charge in [0.2, 0.25) is 0 Å². The van der Waals surface area contributed by atoms with Gasteiger partial charge in [0.1, 0.15) is 5.65 Å². The number of pyridine rings is 1. The fourth-order valence-electron chi connectivity index (χ4n) is 2.97. The zero-order valence-corrected chi connectivity index (χ0v) is 14.0. The van der Waals surface area contributed by atoms with Crippen molar-refractivity contribution in [3.8, 4) is 0 Å². The van der Waals surface area contributed by atoms with Crippen LogP contribution in [-0.4, -0.2) is 39.3 Å². The third-order valence-electron chi connectivity index (χ3n) is 4.30. The zero-order chi connectivity index (χ0) is 17.4. The molecule has 1 N–H and O–H groups in total. The van der Waals surface area contributed by atoms with Crippen LogP contribution in [0.15, 0.2) is 15.7 Å². The number of carbonyl (C=O) groups is 1. The molecule has 8 nitrogen and oxygen atoms in total. The summed E-state index contributed by atoms with van der Waals surface area (Å²) in [5, 5.41) is 2.96. The summed E-state index contributed by atoms with van der Waals surface area (Å²) >= 11 is 0. The highest BCUT2D eigenvalue weighted by Crippen LogP contribution is 2.15. The van der Waals surface area contributed by atoms with E-state index in [-0.39, 0.29) is 28.6 Å². The lowest BCUT2D eigenvalue weighted by Crippen LogP contribution is -2.39. The maximum absolute atomic E-state index is 12.6. The van der Waals surface area contributed by atoms with E-state index in [4.69, 9.17) is 4.74 Å². The van der Waals surface area contributed by atoms with E-state index in [0.717, 1.165) is 17.4 Å². The van der Waals surface area contributed by atoms with E-state index in [0.29, 0.717) is 18.8 Å². The predicted molar refractivity (Wildman–Crippen MR) is 88.3 cm³/mol. The fourth-order valence-corrected chi connectivity index (χ4v) is 2.97. The monoisotopic (exact) mass is 332 g/mol. The number of carbonyl (C=O) groups excluding carboxylic acids is 1. The molecule has 2 aromatic heterocycles. The molecule has 1 fully saturated rings. The van der Waals surface area contributed by atoms with Crippen LogP contribution in [0.3, 0.4) is 0 Å². The summed E-state index contributed by atoms with van der Waals surface area (Å²) in [6, 6.07) is 1.57. The average Bonchev–Trinajstić information content (AvgIpc) is 3.08. The van der Waals surface area contributed by atoms with Gasteiger partial charge in [0, 0.05) is 32.9 Å². The Labute approximate surface area is 138 Å². The minimum atomic E-state index is -0.525. The summed E-state index contributed by atoms with van der Waals surface area (Å²) in [6.07, 6.45) is 1.91. The van der Waals surface area contributed by atoms with Gasteiger partial charge in [0.05, 0.1) is 17.1 Å². The maximum atomic E-state index is 12.6. The molecule has 1 aliphatic heterocycles. The van der Waals surface area contributed by atoms with E-state index in [1.165, 1.54) is 18.7 Å². The van der Waals surface area contributed by atoms with Gasteiger partial charge in [-0.05, 0) is 25.8 Å². The molecule has 128 valence electrons. The Hall–Kier alpha value is -2.48. The third kappa shape index (κ3) is 2.73. The second-order valence-corrected chi connectivity index (χ2v) is 6.06. The van der Waals surface area contributed by atoms with Crippen molar-refractivity contribution in [2.75, 3.05) is 13.2 Å². The van der Waals surface area contributed by atoms with Gasteiger partial charge in [-0.3, -0.25) is 18.7 Å². The Kier molecular flexibility index (Phi) is 4.23. The van der Waals surface area contributed by atoms with Crippen molar-refractivity contribution in [1.29, 1.82) is 0 Å². The average molecular weight is 332 g/mol. The number of ether oxygens (including phenoxy) is 1. The molecular weight excluding hydrogens is 312 g/mol. The van der Waals surface area contributed by atoms with Crippen LogP contribution >= 0.6 is 0 Å². The minimum Gasteiger partial charge on any atom is -0.376 e. The maximum Gasteiger partial charge on any atom is 0.332 e. The topological polar surface area (TPSA) is 95.2 Å². The van der Waals surface area contributed by atoms with Crippen LogP contribution in [0.2, 0.25) is 0 Å². The van der Waals surface area contributed by atoms with Crippen LogP contribution in [0.5, 0.6) is 0 Å². The number of hydrogen-bond donors (Lipinski definition) is 1. The summed E-state index contributed by atoms with van der Waals surface area (Å²) < 4.78 is 7.75. The molecule has 1 atom stereocenters. The first kappa shape index (κ1) is 16.4. The molecular formula is C16H20N4O4. The second-order valence-electron chi connectivity index (χ2n) is 6.06. The quantitative estimate of drug-likeness (QED) is 0.843. The number of amides is 1. The van der Waals surface area contributed by atoms with Gasteiger partial charge in [0.15, 0.2) is 0 Å². The van der Waals surface area contributed by atoms with Crippen molar-refractivity contribution >= 4 is 16.9 Å². The largest absolute Gasteiger partial charge is 0.376 e. The number of fused-ring (bicyclic) bond motifs is 1. The first-order valence-corrected chi connectivity index (χ1v) is 7.87. The number of nitrogens with zero attached hydrogens (tertiary/aromatic N) is 3. The molecule has 3 heterocycles. The second kappa shape index (κ2) is 6.20. The molecule has 0 radical (unpaired) electrons. The molecule has 24 heavy (non-hydrogen) atoms. The molecule has 3 rings (SSSR count). The highest BCUT2D eigenvalue weighted by Gasteiger charge is 2.21. The number of nitrogens with one attached hydrogen (secondary N) is 1. The molecule has 0 saturated carbocycles. The molecule has 2 aromatic rings. The lowest BCUT2D eigenvalue weighted by Gasteiger charge is -2.13. The number of rotatable bonds is 3. The van der Waals surface area contributed by atoms with Crippen molar-refractivity contribution in [2.24, 2.45) is 14.1 Å². The highest BCUT2D eigenvalue weighted by atomic mass is 16.5. The van der Waals surface area contributed by atoms with Crippen molar-refractivity contribution in [2.45, 2.75) is 25.9 Å². The van der Waals surface area contributed by atoms with Gasteiger partial charge in [-0.25, -0.2) is 9.78 Å². The van der Waals surface area contributed by atoms with Crippen molar-refractivity contribution < 1.29 is 9.53 Å². The van der Waals surface area contributed by atoms with Gasteiger partial charge in [-0.2, -0.15) is 0 Å². The Bertz CT molecular complexity index is 922. The Balaban J connectivity index is 2.08. The van der Waals surface area contributed by atoms with Crippen LogP contribution in [0.1, 0.15) is 28.9 Å². The van der Waals surface area contributed by atoms with E-state index in [1.807, 2.05) is 0 Å². The molecule has 0 bridgehead atoms. The van der Waals surface area contributed by atoms with Gasteiger partial charge >= 0.3 is 5.69 Å². The summed E-state index contributed by atoms with van der Waals surface area (Å²) in [5.41, 5.74) is 0.00395. The van der Waals surface area contributed by atoms with Crippen molar-refractivity contribution in [3.05, 3.63) is 38.2 Å². The van der Waals surface area contributed by atoms with Crippen LogP contribution in [0, 0.1) is 6.92 Å². The Morgan fingerprint density at radius 3 is 2.79 bits per heavy atom. The highest BCUT2D eigenvalue weighted by molar-refractivity contribution is 6.05. The van der Waals surface area contributed by atoms with Crippen molar-refractivity contribution in [3.63, 3.8) is 0 Å². The van der Waals surface area contributed by atoms with E-state index in [9.17, 15) is 14.4 Å². The van der Waals surface area contributed by atoms with Gasteiger partial charge < -0.3 is 10.1 Å². The Morgan fingerprint density at radius 1 is 1.38 bits per heavy atom. The Morgan fingerprint density at radius 2 is 2.12 bits per heavy atom. The standard InChI is InChI=1S/C16H20N4O4/c1-9-7-11(14(21)17-8-10-5-4-6-24-10)12-13(18-9)19(2)16(23)20(3)15(12)22/h7,10H,4-6,8H2,1-3H3,(H,17,21). The van der Waals surface area contributed by atoms with Gasteiger partial charge in [-0.1, -0.05) is 0 Å². The number of hydrogen-bond acceptors (Lipinski definition) is 5. The van der Waals surface area contributed by atoms with E-state index >= 15 is 0 Å². The number of aromatic nitrogens is 3. The summed E-state index contributed by atoms with van der Waals surface area (Å²) in [7, 11) is 2.92. The minimum absolute atomic E-state index is 0.00957. The first-order valence-electron chi connectivity index (χ1n) is 7.87.